The van der Waals surface area contributed by atoms with Gasteiger partial charge in [0.1, 0.15) is 29.1 Å². The molecule has 1 atom stereocenters. The summed E-state index contributed by atoms with van der Waals surface area (Å²) in [6, 6.07) is 14.1. The molecule has 4 N–H and O–H groups in total. The predicted molar refractivity (Wildman–Crippen MR) is 128 cm³/mol. The Labute approximate surface area is 204 Å². The highest BCUT2D eigenvalue weighted by molar-refractivity contribution is 7.92. The number of nitrogens with one attached hydrogen (secondary N) is 3. The zero-order valence-corrected chi connectivity index (χ0v) is 19.7. The van der Waals surface area contributed by atoms with Gasteiger partial charge in [0.2, 0.25) is 0 Å². The van der Waals surface area contributed by atoms with E-state index in [-0.39, 0.29) is 12.2 Å². The molecule has 1 heterocycles. The van der Waals surface area contributed by atoms with Crippen LogP contribution in [0.3, 0.4) is 0 Å². The van der Waals surface area contributed by atoms with Gasteiger partial charge in [-0.2, -0.15) is 5.10 Å². The van der Waals surface area contributed by atoms with Crippen molar-refractivity contribution in [3.63, 3.8) is 0 Å². The molecule has 0 bridgehead atoms. The molecule has 0 fully saturated rings. The molecule has 0 radical (unpaired) electrons. The topological polar surface area (TPSA) is 116 Å². The normalized spacial score (nSPS) is 12.6. The van der Waals surface area contributed by atoms with Gasteiger partial charge in [-0.15, -0.1) is 0 Å². The molecule has 0 saturated heterocycles. The molecule has 0 saturated carbocycles. The van der Waals surface area contributed by atoms with Crippen LogP contribution in [0.5, 0.6) is 5.75 Å². The van der Waals surface area contributed by atoms with Gasteiger partial charge in [0, 0.05) is 30.2 Å². The summed E-state index contributed by atoms with van der Waals surface area (Å²) in [7, 11) is -4.51. The Morgan fingerprint density at radius 3 is 2.60 bits per heavy atom. The molecule has 4 aromatic rings. The van der Waals surface area contributed by atoms with Crippen molar-refractivity contribution in [1.82, 2.24) is 15.5 Å². The maximum absolute atomic E-state index is 13.9. The summed E-state index contributed by atoms with van der Waals surface area (Å²) in [5.74, 6) is -1.78. The number of aliphatic hydroxyl groups is 1. The van der Waals surface area contributed by atoms with E-state index in [0.717, 1.165) is 23.6 Å². The monoisotopic (exact) mass is 522 g/mol. The van der Waals surface area contributed by atoms with Crippen LogP contribution in [0.4, 0.5) is 14.5 Å². The lowest BCUT2D eigenvalue weighted by atomic mass is 10.1. The average Bonchev–Trinajstić information content (AvgIpc) is 3.18. The van der Waals surface area contributed by atoms with Gasteiger partial charge in [-0.25, -0.2) is 17.2 Å². The Balaban J connectivity index is 1.30. The number of aliphatic hydroxyl groups excluding tert-OH is 1. The number of fused-ring (bicyclic) bond motifs is 1. The SMILES string of the molecule is O=S(=O)(Nc1cccc([C@@H](O)CNCCOc2ccc3c(Cl)[nH]nc3c2)c1)c1c(F)cccc1F. The van der Waals surface area contributed by atoms with Crippen LogP contribution in [-0.4, -0.2) is 43.4 Å². The van der Waals surface area contributed by atoms with Crippen molar-refractivity contribution in [3.8, 4) is 5.75 Å². The Morgan fingerprint density at radius 2 is 1.83 bits per heavy atom. The van der Waals surface area contributed by atoms with E-state index in [2.05, 4.69) is 20.2 Å². The molecule has 8 nitrogen and oxygen atoms in total. The zero-order valence-electron chi connectivity index (χ0n) is 18.1. The smallest absolute Gasteiger partial charge is 0.267 e. The number of hydrogen-bond acceptors (Lipinski definition) is 6. The molecule has 12 heteroatoms. The summed E-state index contributed by atoms with van der Waals surface area (Å²) < 4.78 is 60.6. The first-order valence-corrected chi connectivity index (χ1v) is 12.3. The zero-order chi connectivity index (χ0) is 25.0. The molecule has 0 aliphatic carbocycles. The Morgan fingerprint density at radius 1 is 1.09 bits per heavy atom. The fourth-order valence-electron chi connectivity index (χ4n) is 3.40. The van der Waals surface area contributed by atoms with Crippen molar-refractivity contribution in [2.24, 2.45) is 0 Å². The van der Waals surface area contributed by atoms with Crippen LogP contribution in [-0.2, 0) is 10.0 Å². The number of rotatable bonds is 10. The van der Waals surface area contributed by atoms with Gasteiger partial charge in [0.15, 0.2) is 4.90 Å². The van der Waals surface area contributed by atoms with Gasteiger partial charge in [0.25, 0.3) is 10.0 Å². The van der Waals surface area contributed by atoms with Crippen molar-refractivity contribution >= 4 is 38.2 Å². The van der Waals surface area contributed by atoms with Crippen molar-refractivity contribution in [3.05, 3.63) is 83.0 Å². The van der Waals surface area contributed by atoms with E-state index >= 15 is 0 Å². The maximum atomic E-state index is 13.9. The Kier molecular flexibility index (Phi) is 7.51. The van der Waals surface area contributed by atoms with E-state index in [9.17, 15) is 22.3 Å². The second-order valence-electron chi connectivity index (χ2n) is 7.57. The molecule has 4 rings (SSSR count). The second kappa shape index (κ2) is 10.6. The first kappa shape index (κ1) is 24.9. The van der Waals surface area contributed by atoms with Gasteiger partial charge >= 0.3 is 0 Å². The highest BCUT2D eigenvalue weighted by Gasteiger charge is 2.24. The second-order valence-corrected chi connectivity index (χ2v) is 9.56. The standard InChI is InChI=1S/C23H21ClF2N4O4S/c24-23-17-8-7-16(12-20(17)28-29-23)34-10-9-27-13-21(31)14-3-1-4-15(11-14)30-35(32,33)22-18(25)5-2-6-19(22)26/h1-8,11-12,21,27,30-31H,9-10,13H2,(H,28,29)/t21-/m0/s1. The third-order valence-electron chi connectivity index (χ3n) is 5.08. The summed E-state index contributed by atoms with van der Waals surface area (Å²) in [6.07, 6.45) is -0.966. The summed E-state index contributed by atoms with van der Waals surface area (Å²) in [5.41, 5.74) is 1.15. The molecule has 0 amide bonds. The minimum Gasteiger partial charge on any atom is -0.492 e. The van der Waals surface area contributed by atoms with Gasteiger partial charge in [-0.05, 0) is 42.0 Å². The summed E-state index contributed by atoms with van der Waals surface area (Å²) in [4.78, 5) is -1.07. The van der Waals surface area contributed by atoms with E-state index in [0.29, 0.717) is 35.1 Å². The van der Waals surface area contributed by atoms with E-state index < -0.39 is 32.7 Å². The van der Waals surface area contributed by atoms with Crippen LogP contribution in [0.15, 0.2) is 65.6 Å². The average molecular weight is 523 g/mol. The minimum absolute atomic E-state index is 0.0569. The maximum Gasteiger partial charge on any atom is 0.267 e. The van der Waals surface area contributed by atoms with Crippen molar-refractivity contribution in [1.29, 1.82) is 0 Å². The van der Waals surface area contributed by atoms with Crippen LogP contribution in [0.1, 0.15) is 11.7 Å². The molecule has 3 aromatic carbocycles. The van der Waals surface area contributed by atoms with Crippen LogP contribution in [0.2, 0.25) is 5.15 Å². The number of aromatic amines is 1. The minimum atomic E-state index is -4.51. The summed E-state index contributed by atoms with van der Waals surface area (Å²) >= 11 is 5.98. The molecule has 0 aliphatic heterocycles. The van der Waals surface area contributed by atoms with Crippen molar-refractivity contribution < 1.29 is 27.0 Å². The Bertz CT molecular complexity index is 1430. The Hall–Kier alpha value is -3.25. The summed E-state index contributed by atoms with van der Waals surface area (Å²) in [5, 5.41) is 21.5. The number of halogens is 3. The third kappa shape index (κ3) is 5.88. The fourth-order valence-corrected chi connectivity index (χ4v) is 4.79. The lowest BCUT2D eigenvalue weighted by Crippen LogP contribution is -2.26. The van der Waals surface area contributed by atoms with Gasteiger partial charge in [0.05, 0.1) is 11.6 Å². The van der Waals surface area contributed by atoms with Crippen molar-refractivity contribution in [2.75, 3.05) is 24.4 Å². The quantitative estimate of drug-likeness (QED) is 0.234. The first-order chi connectivity index (χ1) is 16.7. The van der Waals surface area contributed by atoms with E-state index in [1.54, 1.807) is 24.3 Å². The number of ether oxygens (including phenoxy) is 1. The van der Waals surface area contributed by atoms with E-state index in [4.69, 9.17) is 16.3 Å². The largest absolute Gasteiger partial charge is 0.492 e. The molecule has 35 heavy (non-hydrogen) atoms. The molecule has 1 aromatic heterocycles. The van der Waals surface area contributed by atoms with Crippen LogP contribution in [0, 0.1) is 11.6 Å². The first-order valence-electron chi connectivity index (χ1n) is 10.5. The molecule has 0 aliphatic rings. The number of hydrogen-bond donors (Lipinski definition) is 4. The van der Waals surface area contributed by atoms with E-state index in [1.807, 2.05) is 0 Å². The highest BCUT2D eigenvalue weighted by atomic mass is 35.5. The van der Waals surface area contributed by atoms with Gasteiger partial charge < -0.3 is 15.2 Å². The van der Waals surface area contributed by atoms with Crippen molar-refractivity contribution in [2.45, 2.75) is 11.0 Å². The van der Waals surface area contributed by atoms with Crippen LogP contribution < -0.4 is 14.8 Å². The number of nitrogens with zero attached hydrogens (tertiary/aromatic N) is 1. The summed E-state index contributed by atoms with van der Waals surface area (Å²) in [6.45, 7) is 0.912. The number of anilines is 1. The van der Waals surface area contributed by atoms with Gasteiger partial charge in [-0.3, -0.25) is 9.82 Å². The predicted octanol–water partition coefficient (Wildman–Crippen LogP) is 4.00. The van der Waals surface area contributed by atoms with Crippen LogP contribution in [0.25, 0.3) is 10.9 Å². The molecular weight excluding hydrogens is 502 g/mol. The molecule has 184 valence electrons. The van der Waals surface area contributed by atoms with Gasteiger partial charge in [-0.1, -0.05) is 29.8 Å². The number of H-pyrrole nitrogens is 1. The lowest BCUT2D eigenvalue weighted by molar-refractivity contribution is 0.172. The highest BCUT2D eigenvalue weighted by Crippen LogP contribution is 2.25. The molecule has 0 unspecified atom stereocenters. The number of sulfonamides is 1. The number of aromatic nitrogens is 2. The lowest BCUT2D eigenvalue weighted by Gasteiger charge is -2.15. The van der Waals surface area contributed by atoms with Crippen LogP contribution >= 0.6 is 11.6 Å². The number of benzene rings is 3. The fraction of sp³-hybridized carbons (Fsp3) is 0.174. The third-order valence-corrected chi connectivity index (χ3v) is 6.80. The van der Waals surface area contributed by atoms with E-state index in [1.165, 1.54) is 18.2 Å². The molecule has 0 spiro atoms. The molecular formula is C23H21ClF2N4O4S.